The van der Waals surface area contributed by atoms with Gasteiger partial charge in [0.25, 0.3) is 5.89 Å². The molecule has 0 atom stereocenters. The monoisotopic (exact) mass is 438 g/mol. The van der Waals surface area contributed by atoms with Gasteiger partial charge >= 0.3 is 0 Å². The van der Waals surface area contributed by atoms with Crippen LogP contribution in [0.15, 0.2) is 34.2 Å². The summed E-state index contributed by atoms with van der Waals surface area (Å²) >= 11 is 1.74. The number of rotatable bonds is 6. The average Bonchev–Trinajstić information content (AvgIpc) is 3.42. The lowest BCUT2D eigenvalue weighted by molar-refractivity contribution is -0.133. The van der Waals surface area contributed by atoms with Crippen molar-refractivity contribution in [1.29, 1.82) is 0 Å². The number of hydrogen-bond donors (Lipinski definition) is 1. The SMILES string of the molecule is Cc1cccc(-c2nc(C(C)C)no2)c1NC(=O)CCC(=O)N1CCc2sccc2C1. The molecule has 0 saturated carbocycles. The summed E-state index contributed by atoms with van der Waals surface area (Å²) < 4.78 is 5.42. The molecule has 1 N–H and O–H groups in total. The molecular formula is C23H26N4O3S. The molecule has 4 rings (SSSR count). The van der Waals surface area contributed by atoms with Crippen LogP contribution in [0.1, 0.15) is 54.4 Å². The summed E-state index contributed by atoms with van der Waals surface area (Å²) in [6.45, 7) is 7.25. The number of amides is 2. The van der Waals surface area contributed by atoms with Gasteiger partial charge in [-0.05, 0) is 42.0 Å². The van der Waals surface area contributed by atoms with Gasteiger partial charge in [0.1, 0.15) is 0 Å². The van der Waals surface area contributed by atoms with E-state index in [0.29, 0.717) is 36.1 Å². The summed E-state index contributed by atoms with van der Waals surface area (Å²) in [6, 6.07) is 7.72. The molecule has 31 heavy (non-hydrogen) atoms. The van der Waals surface area contributed by atoms with Crippen LogP contribution in [-0.2, 0) is 22.6 Å². The first kappa shape index (κ1) is 21.2. The van der Waals surface area contributed by atoms with Crippen LogP contribution in [-0.4, -0.2) is 33.4 Å². The minimum Gasteiger partial charge on any atom is -0.338 e. The highest BCUT2D eigenvalue weighted by molar-refractivity contribution is 7.10. The minimum absolute atomic E-state index is 0.00971. The highest BCUT2D eigenvalue weighted by Crippen LogP contribution is 2.31. The summed E-state index contributed by atoms with van der Waals surface area (Å²) in [5, 5.41) is 9.04. The van der Waals surface area contributed by atoms with E-state index < -0.39 is 0 Å². The van der Waals surface area contributed by atoms with Crippen molar-refractivity contribution < 1.29 is 14.1 Å². The number of carbonyl (C=O) groups is 2. The summed E-state index contributed by atoms with van der Waals surface area (Å²) in [5.41, 5.74) is 3.43. The zero-order chi connectivity index (χ0) is 22.0. The second kappa shape index (κ2) is 9.01. The van der Waals surface area contributed by atoms with Crippen LogP contribution in [0, 0.1) is 6.92 Å². The third-order valence-corrected chi connectivity index (χ3v) is 6.48. The second-order valence-corrected chi connectivity index (χ2v) is 9.09. The van der Waals surface area contributed by atoms with Gasteiger partial charge in [-0.25, -0.2) is 0 Å². The Labute approximate surface area is 185 Å². The largest absolute Gasteiger partial charge is 0.338 e. The fourth-order valence-corrected chi connectivity index (χ4v) is 4.52. The molecule has 1 aromatic carbocycles. The molecule has 3 heterocycles. The van der Waals surface area contributed by atoms with Gasteiger partial charge in [-0.2, -0.15) is 4.98 Å². The Balaban J connectivity index is 1.40. The summed E-state index contributed by atoms with van der Waals surface area (Å²) in [6.07, 6.45) is 1.20. The molecule has 1 aliphatic rings. The zero-order valence-corrected chi connectivity index (χ0v) is 18.8. The van der Waals surface area contributed by atoms with Crippen LogP contribution in [0.5, 0.6) is 0 Å². The van der Waals surface area contributed by atoms with Crippen molar-refractivity contribution in [2.45, 2.75) is 52.5 Å². The number of carbonyl (C=O) groups excluding carboxylic acids is 2. The van der Waals surface area contributed by atoms with Gasteiger partial charge in [-0.1, -0.05) is 31.1 Å². The third-order valence-electron chi connectivity index (χ3n) is 5.45. The Morgan fingerprint density at radius 3 is 2.87 bits per heavy atom. The molecule has 0 unspecified atom stereocenters. The van der Waals surface area contributed by atoms with Crippen LogP contribution >= 0.6 is 11.3 Å². The number of aryl methyl sites for hydroxylation is 1. The van der Waals surface area contributed by atoms with Crippen LogP contribution in [0.25, 0.3) is 11.5 Å². The molecule has 0 radical (unpaired) electrons. The van der Waals surface area contributed by atoms with E-state index in [1.54, 1.807) is 11.3 Å². The van der Waals surface area contributed by atoms with Crippen molar-refractivity contribution in [2.24, 2.45) is 0 Å². The molecule has 8 heteroatoms. The quantitative estimate of drug-likeness (QED) is 0.611. The molecule has 0 bridgehead atoms. The molecular weight excluding hydrogens is 412 g/mol. The van der Waals surface area contributed by atoms with Gasteiger partial charge in [0.2, 0.25) is 11.8 Å². The van der Waals surface area contributed by atoms with Crippen molar-refractivity contribution in [2.75, 3.05) is 11.9 Å². The number of anilines is 1. The fraction of sp³-hybridized carbons (Fsp3) is 0.391. The van der Waals surface area contributed by atoms with E-state index in [9.17, 15) is 9.59 Å². The molecule has 2 amide bonds. The second-order valence-electron chi connectivity index (χ2n) is 8.09. The van der Waals surface area contributed by atoms with E-state index in [4.69, 9.17) is 4.52 Å². The van der Waals surface area contributed by atoms with Crippen molar-refractivity contribution in [3.63, 3.8) is 0 Å². The summed E-state index contributed by atoms with van der Waals surface area (Å²) in [4.78, 5) is 32.9. The first-order valence-electron chi connectivity index (χ1n) is 10.5. The Hall–Kier alpha value is -3.00. The first-order valence-corrected chi connectivity index (χ1v) is 11.4. The van der Waals surface area contributed by atoms with E-state index in [0.717, 1.165) is 12.0 Å². The number of benzene rings is 1. The van der Waals surface area contributed by atoms with Gasteiger partial charge in [0, 0.05) is 36.7 Å². The maximum atomic E-state index is 12.7. The van der Waals surface area contributed by atoms with Crippen molar-refractivity contribution in [1.82, 2.24) is 15.0 Å². The zero-order valence-electron chi connectivity index (χ0n) is 18.0. The number of nitrogens with zero attached hydrogens (tertiary/aromatic N) is 3. The maximum Gasteiger partial charge on any atom is 0.260 e. The number of thiophene rings is 1. The number of fused-ring (bicyclic) bond motifs is 1. The van der Waals surface area contributed by atoms with Crippen molar-refractivity contribution in [3.8, 4) is 11.5 Å². The summed E-state index contributed by atoms with van der Waals surface area (Å²) in [5.74, 6) is 0.941. The van der Waals surface area contributed by atoms with Gasteiger partial charge in [0.15, 0.2) is 5.82 Å². The van der Waals surface area contributed by atoms with Crippen LogP contribution in [0.4, 0.5) is 5.69 Å². The van der Waals surface area contributed by atoms with E-state index in [1.165, 1.54) is 10.4 Å². The van der Waals surface area contributed by atoms with Crippen molar-refractivity contribution in [3.05, 3.63) is 51.5 Å². The predicted octanol–water partition coefficient (Wildman–Crippen LogP) is 4.53. The predicted molar refractivity (Wildman–Crippen MR) is 120 cm³/mol. The van der Waals surface area contributed by atoms with E-state index >= 15 is 0 Å². The molecule has 0 aliphatic carbocycles. The Kier molecular flexibility index (Phi) is 6.18. The van der Waals surface area contributed by atoms with Gasteiger partial charge in [-0.15, -0.1) is 11.3 Å². The molecule has 0 spiro atoms. The van der Waals surface area contributed by atoms with Crippen LogP contribution in [0.2, 0.25) is 0 Å². The Morgan fingerprint density at radius 1 is 1.26 bits per heavy atom. The molecule has 0 saturated heterocycles. The average molecular weight is 439 g/mol. The third kappa shape index (κ3) is 4.69. The molecule has 0 fully saturated rings. The number of para-hydroxylation sites is 1. The van der Waals surface area contributed by atoms with Crippen LogP contribution < -0.4 is 5.32 Å². The highest BCUT2D eigenvalue weighted by atomic mass is 32.1. The molecule has 3 aromatic rings. The maximum absolute atomic E-state index is 12.7. The lowest BCUT2D eigenvalue weighted by Gasteiger charge is -2.27. The molecule has 162 valence electrons. The van der Waals surface area contributed by atoms with E-state index in [1.807, 2.05) is 43.9 Å². The summed E-state index contributed by atoms with van der Waals surface area (Å²) in [7, 11) is 0. The smallest absolute Gasteiger partial charge is 0.260 e. The fourth-order valence-electron chi connectivity index (χ4n) is 3.63. The van der Waals surface area contributed by atoms with E-state index in [2.05, 4.69) is 26.9 Å². The van der Waals surface area contributed by atoms with Crippen LogP contribution in [0.3, 0.4) is 0 Å². The number of aromatic nitrogens is 2. The van der Waals surface area contributed by atoms with Crippen molar-refractivity contribution >= 4 is 28.8 Å². The van der Waals surface area contributed by atoms with Gasteiger partial charge in [-0.3, -0.25) is 9.59 Å². The first-order chi connectivity index (χ1) is 14.9. The number of nitrogens with one attached hydrogen (secondary N) is 1. The Bertz CT molecular complexity index is 1100. The standard InChI is InChI=1S/C23H26N4O3S/c1-14(2)22-25-23(30-26-22)17-6-4-5-15(3)21(17)24-19(28)7-8-20(29)27-11-9-18-16(13-27)10-12-31-18/h4-6,10,12,14H,7-9,11,13H2,1-3H3,(H,24,28). The van der Waals surface area contributed by atoms with E-state index in [-0.39, 0.29) is 30.6 Å². The molecule has 1 aliphatic heterocycles. The number of hydrogen-bond acceptors (Lipinski definition) is 6. The van der Waals surface area contributed by atoms with Gasteiger partial charge < -0.3 is 14.7 Å². The molecule has 2 aromatic heterocycles. The lowest BCUT2D eigenvalue weighted by Crippen LogP contribution is -2.35. The Morgan fingerprint density at radius 2 is 2.10 bits per heavy atom. The normalized spacial score (nSPS) is 13.4. The lowest BCUT2D eigenvalue weighted by atomic mass is 10.1. The highest BCUT2D eigenvalue weighted by Gasteiger charge is 2.22. The van der Waals surface area contributed by atoms with Gasteiger partial charge in [0.05, 0.1) is 11.3 Å². The minimum atomic E-state index is -0.208. The molecule has 7 nitrogen and oxygen atoms in total. The topological polar surface area (TPSA) is 88.3 Å².